The van der Waals surface area contributed by atoms with E-state index in [0.717, 1.165) is 19.3 Å². The largest absolute Gasteiger partial charge is 0.390 e. The van der Waals surface area contributed by atoms with Crippen LogP contribution < -0.4 is 0 Å². The lowest BCUT2D eigenvalue weighted by atomic mass is 9.97. The first-order valence-corrected chi connectivity index (χ1v) is 8.19. The third kappa shape index (κ3) is 6.69. The van der Waals surface area contributed by atoms with Crippen molar-refractivity contribution in [1.82, 2.24) is 0 Å². The van der Waals surface area contributed by atoms with Gasteiger partial charge < -0.3 is 15.3 Å². The third-order valence-corrected chi connectivity index (χ3v) is 3.87. The number of carbonyl (C=O) groups excluding carboxylic acids is 1. The molecular weight excluding hydrogens is 280 g/mol. The van der Waals surface area contributed by atoms with Crippen molar-refractivity contribution in [2.75, 3.05) is 0 Å². The molecule has 4 nitrogen and oxygen atoms in total. The molecule has 0 aliphatic heterocycles. The Kier molecular flexibility index (Phi) is 8.97. The van der Waals surface area contributed by atoms with E-state index in [1.165, 1.54) is 12.8 Å². The molecule has 0 saturated carbocycles. The second kappa shape index (κ2) is 10.5. The van der Waals surface area contributed by atoms with Crippen LogP contribution in [0.3, 0.4) is 0 Å². The maximum Gasteiger partial charge on any atom is 0.191 e. The average molecular weight is 308 g/mol. The van der Waals surface area contributed by atoms with Gasteiger partial charge in [-0.1, -0.05) is 69.4 Å². The molecule has 0 saturated heterocycles. The van der Waals surface area contributed by atoms with Crippen molar-refractivity contribution in [3.05, 3.63) is 35.9 Å². The molecule has 0 spiro atoms. The van der Waals surface area contributed by atoms with Gasteiger partial charge in [-0.25, -0.2) is 0 Å². The van der Waals surface area contributed by atoms with Crippen molar-refractivity contribution in [3.63, 3.8) is 0 Å². The summed E-state index contributed by atoms with van der Waals surface area (Å²) >= 11 is 0. The molecule has 0 amide bonds. The normalized spacial score (nSPS) is 15.3. The Morgan fingerprint density at radius 3 is 2.23 bits per heavy atom. The van der Waals surface area contributed by atoms with Gasteiger partial charge in [0.05, 0.1) is 12.2 Å². The van der Waals surface area contributed by atoms with E-state index >= 15 is 0 Å². The number of carbonyl (C=O) groups is 1. The number of benzene rings is 1. The van der Waals surface area contributed by atoms with Crippen LogP contribution in [0.2, 0.25) is 0 Å². The Labute approximate surface area is 132 Å². The Morgan fingerprint density at radius 1 is 0.955 bits per heavy atom. The Balaban J connectivity index is 2.33. The molecule has 0 radical (unpaired) electrons. The summed E-state index contributed by atoms with van der Waals surface area (Å²) in [4.78, 5) is 12.0. The fourth-order valence-corrected chi connectivity index (χ4v) is 2.44. The number of rotatable bonds is 11. The van der Waals surface area contributed by atoms with E-state index in [4.69, 9.17) is 0 Å². The first-order chi connectivity index (χ1) is 10.6. The Bertz CT molecular complexity index is 418. The zero-order valence-electron chi connectivity index (χ0n) is 13.3. The number of aliphatic hydroxyl groups is 3. The minimum Gasteiger partial charge on any atom is -0.390 e. The van der Waals surface area contributed by atoms with Crippen LogP contribution in [0, 0.1) is 0 Å². The van der Waals surface area contributed by atoms with Crippen molar-refractivity contribution in [1.29, 1.82) is 0 Å². The minimum atomic E-state index is -1.29. The molecule has 3 N–H and O–H groups in total. The van der Waals surface area contributed by atoms with Crippen LogP contribution in [0.5, 0.6) is 0 Å². The zero-order chi connectivity index (χ0) is 16.4. The molecule has 0 aromatic heterocycles. The molecule has 124 valence electrons. The van der Waals surface area contributed by atoms with E-state index < -0.39 is 24.1 Å². The smallest absolute Gasteiger partial charge is 0.191 e. The summed E-state index contributed by atoms with van der Waals surface area (Å²) in [6.07, 6.45) is 2.47. The molecule has 0 heterocycles. The van der Waals surface area contributed by atoms with E-state index in [-0.39, 0.29) is 6.42 Å². The van der Waals surface area contributed by atoms with Gasteiger partial charge >= 0.3 is 0 Å². The molecule has 4 heteroatoms. The van der Waals surface area contributed by atoms with E-state index in [1.807, 2.05) is 0 Å². The second-order valence-corrected chi connectivity index (χ2v) is 5.82. The van der Waals surface area contributed by atoms with Crippen molar-refractivity contribution in [2.45, 2.75) is 70.2 Å². The highest BCUT2D eigenvalue weighted by atomic mass is 16.3. The molecular formula is C18H28O4. The van der Waals surface area contributed by atoms with Crippen molar-refractivity contribution >= 4 is 5.78 Å². The predicted molar refractivity (Wildman–Crippen MR) is 86.8 cm³/mol. The van der Waals surface area contributed by atoms with Gasteiger partial charge in [-0.05, 0) is 6.42 Å². The van der Waals surface area contributed by atoms with Gasteiger partial charge in [0.15, 0.2) is 5.78 Å². The Hall–Kier alpha value is -1.23. The topological polar surface area (TPSA) is 77.8 Å². The molecule has 22 heavy (non-hydrogen) atoms. The van der Waals surface area contributed by atoms with E-state index in [9.17, 15) is 20.1 Å². The van der Waals surface area contributed by atoms with Crippen LogP contribution in [-0.2, 0) is 0 Å². The molecule has 1 rings (SSSR count). The molecule has 1 aromatic carbocycles. The van der Waals surface area contributed by atoms with Crippen LogP contribution in [0.4, 0.5) is 0 Å². The van der Waals surface area contributed by atoms with Gasteiger partial charge in [0.25, 0.3) is 0 Å². The molecule has 1 aromatic rings. The summed E-state index contributed by atoms with van der Waals surface area (Å²) in [5.74, 6) is -0.421. The molecule has 3 atom stereocenters. The quantitative estimate of drug-likeness (QED) is 0.434. The fourth-order valence-electron chi connectivity index (χ4n) is 2.44. The predicted octanol–water partition coefficient (Wildman–Crippen LogP) is 2.70. The second-order valence-electron chi connectivity index (χ2n) is 5.82. The average Bonchev–Trinajstić information content (AvgIpc) is 2.54. The maximum absolute atomic E-state index is 12.0. The number of hydrogen-bond donors (Lipinski definition) is 3. The van der Waals surface area contributed by atoms with E-state index in [1.54, 1.807) is 30.3 Å². The summed E-state index contributed by atoms with van der Waals surface area (Å²) in [5.41, 5.74) is 0.413. The van der Waals surface area contributed by atoms with Gasteiger partial charge in [-0.15, -0.1) is 0 Å². The minimum absolute atomic E-state index is 0.135. The molecule has 0 aliphatic rings. The Morgan fingerprint density at radius 2 is 1.59 bits per heavy atom. The summed E-state index contributed by atoms with van der Waals surface area (Å²) in [6, 6.07) is 8.49. The zero-order valence-corrected chi connectivity index (χ0v) is 13.3. The molecule has 0 bridgehead atoms. The van der Waals surface area contributed by atoms with Crippen LogP contribution in [0.15, 0.2) is 30.3 Å². The van der Waals surface area contributed by atoms with E-state index in [2.05, 4.69) is 6.92 Å². The van der Waals surface area contributed by atoms with Crippen LogP contribution in [0.1, 0.15) is 62.2 Å². The number of aliphatic hydroxyl groups excluding tert-OH is 3. The lowest BCUT2D eigenvalue weighted by Crippen LogP contribution is -2.33. The van der Waals surface area contributed by atoms with Crippen molar-refractivity contribution in [2.24, 2.45) is 0 Å². The highest BCUT2D eigenvalue weighted by Crippen LogP contribution is 2.14. The van der Waals surface area contributed by atoms with Crippen LogP contribution in [-0.4, -0.2) is 39.4 Å². The van der Waals surface area contributed by atoms with Gasteiger partial charge in [-0.2, -0.15) is 0 Å². The highest BCUT2D eigenvalue weighted by molar-refractivity contribution is 5.99. The molecule has 0 fully saturated rings. The van der Waals surface area contributed by atoms with Crippen LogP contribution >= 0.6 is 0 Å². The first kappa shape index (κ1) is 18.8. The lowest BCUT2D eigenvalue weighted by Gasteiger charge is -2.20. The SMILES string of the molecule is CCCCCCCC(O)C(O)CC(O)C(=O)c1ccccc1. The van der Waals surface area contributed by atoms with Crippen molar-refractivity contribution < 1.29 is 20.1 Å². The lowest BCUT2D eigenvalue weighted by molar-refractivity contribution is -0.0130. The first-order valence-electron chi connectivity index (χ1n) is 8.19. The summed E-state index contributed by atoms with van der Waals surface area (Å²) in [7, 11) is 0. The van der Waals surface area contributed by atoms with Gasteiger partial charge in [0.2, 0.25) is 0 Å². The monoisotopic (exact) mass is 308 g/mol. The third-order valence-electron chi connectivity index (χ3n) is 3.87. The highest BCUT2D eigenvalue weighted by Gasteiger charge is 2.24. The fraction of sp³-hybridized carbons (Fsp3) is 0.611. The number of Topliss-reactive ketones (excluding diaryl/α,β-unsaturated/α-hetero) is 1. The summed E-state index contributed by atoms with van der Waals surface area (Å²) in [6.45, 7) is 2.14. The molecule has 0 aliphatic carbocycles. The number of ketones is 1. The van der Waals surface area contributed by atoms with Crippen molar-refractivity contribution in [3.8, 4) is 0 Å². The molecule has 3 unspecified atom stereocenters. The maximum atomic E-state index is 12.0. The van der Waals surface area contributed by atoms with Crippen LogP contribution in [0.25, 0.3) is 0 Å². The summed E-state index contributed by atoms with van der Waals surface area (Å²) < 4.78 is 0. The summed E-state index contributed by atoms with van der Waals surface area (Å²) in [5, 5.41) is 29.7. The van der Waals surface area contributed by atoms with Gasteiger partial charge in [-0.3, -0.25) is 4.79 Å². The van der Waals surface area contributed by atoms with Gasteiger partial charge in [0, 0.05) is 12.0 Å². The number of unbranched alkanes of at least 4 members (excludes halogenated alkanes) is 4. The van der Waals surface area contributed by atoms with E-state index in [0.29, 0.717) is 12.0 Å². The standard InChI is InChI=1S/C18H28O4/c1-2-3-4-5-9-12-15(19)16(20)13-17(21)18(22)14-10-7-6-8-11-14/h6-8,10-11,15-17,19-21H,2-5,9,12-13H2,1H3. The number of hydrogen-bond acceptors (Lipinski definition) is 4. The van der Waals surface area contributed by atoms with Gasteiger partial charge in [0.1, 0.15) is 6.10 Å².